The lowest BCUT2D eigenvalue weighted by atomic mass is 10.3. The van der Waals surface area contributed by atoms with E-state index in [9.17, 15) is 0 Å². The predicted octanol–water partition coefficient (Wildman–Crippen LogP) is 2.04. The average molecular weight is 247 g/mol. The molecule has 2 rings (SSSR count). The van der Waals surface area contributed by atoms with Crippen molar-refractivity contribution in [1.82, 2.24) is 15.0 Å². The van der Waals surface area contributed by atoms with Gasteiger partial charge in [0.25, 0.3) is 0 Å². The number of aryl methyl sites for hydroxylation is 2. The van der Waals surface area contributed by atoms with Crippen LogP contribution in [0.15, 0.2) is 10.6 Å². The number of anilines is 2. The van der Waals surface area contributed by atoms with Gasteiger partial charge in [-0.05, 0) is 20.8 Å². The number of rotatable bonds is 4. The minimum absolute atomic E-state index is 0.508. The third kappa shape index (κ3) is 2.58. The molecule has 2 N–H and O–H groups in total. The summed E-state index contributed by atoms with van der Waals surface area (Å²) in [5.41, 5.74) is 0.978. The molecule has 0 aromatic carbocycles. The molecule has 0 spiro atoms. The normalized spacial score (nSPS) is 10.4. The summed E-state index contributed by atoms with van der Waals surface area (Å²) in [6.07, 6.45) is 1.70. The zero-order chi connectivity index (χ0) is 13.1. The highest BCUT2D eigenvalue weighted by Crippen LogP contribution is 2.19. The maximum Gasteiger partial charge on any atom is 0.213 e. The Balaban J connectivity index is 2.16. The molecule has 2 heterocycles. The van der Waals surface area contributed by atoms with Crippen LogP contribution in [0.5, 0.6) is 0 Å². The summed E-state index contributed by atoms with van der Waals surface area (Å²) in [7, 11) is 1.84. The van der Waals surface area contributed by atoms with E-state index >= 15 is 0 Å². The molecule has 0 aliphatic carbocycles. The standard InChI is InChI=1S/C12H17N5O/c1-7-5-14-10(18-7)6-15-12-8(2)11(13-4)16-9(3)17-12/h5H,6H2,1-4H3,(H2,13,15,16,17). The monoisotopic (exact) mass is 247 g/mol. The first-order chi connectivity index (χ1) is 8.60. The second kappa shape index (κ2) is 5.03. The van der Waals surface area contributed by atoms with E-state index < -0.39 is 0 Å². The lowest BCUT2D eigenvalue weighted by Crippen LogP contribution is -2.08. The van der Waals surface area contributed by atoms with Gasteiger partial charge in [0.05, 0.1) is 12.7 Å². The maximum atomic E-state index is 5.40. The molecule has 2 aromatic heterocycles. The second-order valence-corrected chi connectivity index (χ2v) is 4.06. The molecular formula is C12H17N5O. The summed E-state index contributed by atoms with van der Waals surface area (Å²) < 4.78 is 5.40. The molecule has 0 aliphatic rings. The van der Waals surface area contributed by atoms with Gasteiger partial charge in [-0.2, -0.15) is 0 Å². The molecule has 6 nitrogen and oxygen atoms in total. The van der Waals surface area contributed by atoms with Crippen LogP contribution < -0.4 is 10.6 Å². The van der Waals surface area contributed by atoms with Crippen LogP contribution in [0.4, 0.5) is 11.6 Å². The van der Waals surface area contributed by atoms with Gasteiger partial charge in [-0.1, -0.05) is 0 Å². The molecule has 0 amide bonds. The molecule has 0 saturated carbocycles. The number of aromatic nitrogens is 3. The van der Waals surface area contributed by atoms with Gasteiger partial charge in [0.2, 0.25) is 5.89 Å². The van der Waals surface area contributed by atoms with Gasteiger partial charge in [-0.15, -0.1) is 0 Å². The summed E-state index contributed by atoms with van der Waals surface area (Å²) >= 11 is 0. The Kier molecular flexibility index (Phi) is 3.45. The zero-order valence-corrected chi connectivity index (χ0v) is 11.0. The van der Waals surface area contributed by atoms with Gasteiger partial charge in [0.1, 0.15) is 23.2 Å². The first-order valence-corrected chi connectivity index (χ1v) is 5.78. The minimum Gasteiger partial charge on any atom is -0.444 e. The van der Waals surface area contributed by atoms with E-state index in [0.717, 1.165) is 28.8 Å². The Labute approximate surface area is 106 Å². The summed E-state index contributed by atoms with van der Waals surface area (Å²) in [5.74, 6) is 3.79. The van der Waals surface area contributed by atoms with E-state index in [2.05, 4.69) is 25.6 Å². The van der Waals surface area contributed by atoms with Crippen LogP contribution in [0.3, 0.4) is 0 Å². The van der Waals surface area contributed by atoms with E-state index in [-0.39, 0.29) is 0 Å². The molecule has 2 aromatic rings. The van der Waals surface area contributed by atoms with E-state index in [4.69, 9.17) is 4.42 Å². The fraction of sp³-hybridized carbons (Fsp3) is 0.417. The average Bonchev–Trinajstić information content (AvgIpc) is 2.75. The lowest BCUT2D eigenvalue weighted by Gasteiger charge is -2.11. The van der Waals surface area contributed by atoms with Crippen LogP contribution in [0.2, 0.25) is 0 Å². The smallest absolute Gasteiger partial charge is 0.213 e. The molecular weight excluding hydrogens is 230 g/mol. The van der Waals surface area contributed by atoms with Crippen molar-refractivity contribution in [2.75, 3.05) is 17.7 Å². The molecule has 6 heteroatoms. The van der Waals surface area contributed by atoms with E-state index in [0.29, 0.717) is 12.4 Å². The quantitative estimate of drug-likeness (QED) is 0.861. The summed E-state index contributed by atoms with van der Waals surface area (Å²) in [4.78, 5) is 12.8. The number of hydrogen-bond acceptors (Lipinski definition) is 6. The van der Waals surface area contributed by atoms with Crippen LogP contribution in [-0.4, -0.2) is 22.0 Å². The van der Waals surface area contributed by atoms with Crippen molar-refractivity contribution in [3.63, 3.8) is 0 Å². The van der Waals surface area contributed by atoms with Crippen molar-refractivity contribution in [1.29, 1.82) is 0 Å². The first-order valence-electron chi connectivity index (χ1n) is 5.78. The molecule has 0 atom stereocenters. The van der Waals surface area contributed by atoms with Crippen LogP contribution in [0, 0.1) is 20.8 Å². The van der Waals surface area contributed by atoms with Crippen molar-refractivity contribution in [2.24, 2.45) is 0 Å². The topological polar surface area (TPSA) is 75.9 Å². The van der Waals surface area contributed by atoms with Gasteiger partial charge in [-0.3, -0.25) is 0 Å². The SMILES string of the molecule is CNc1nc(C)nc(NCc2ncc(C)o2)c1C. The number of nitrogens with one attached hydrogen (secondary N) is 2. The van der Waals surface area contributed by atoms with Gasteiger partial charge >= 0.3 is 0 Å². The van der Waals surface area contributed by atoms with Crippen molar-refractivity contribution in [2.45, 2.75) is 27.3 Å². The van der Waals surface area contributed by atoms with Crippen molar-refractivity contribution < 1.29 is 4.42 Å². The Morgan fingerprint density at radius 1 is 1.17 bits per heavy atom. The Bertz CT molecular complexity index is 549. The first kappa shape index (κ1) is 12.3. The summed E-state index contributed by atoms with van der Waals surface area (Å²) in [6, 6.07) is 0. The van der Waals surface area contributed by atoms with Crippen molar-refractivity contribution >= 4 is 11.6 Å². The molecule has 0 radical (unpaired) electrons. The number of oxazole rings is 1. The van der Waals surface area contributed by atoms with Crippen LogP contribution >= 0.6 is 0 Å². The Morgan fingerprint density at radius 3 is 2.50 bits per heavy atom. The van der Waals surface area contributed by atoms with Crippen LogP contribution in [0.25, 0.3) is 0 Å². The highest BCUT2D eigenvalue weighted by Gasteiger charge is 2.08. The van der Waals surface area contributed by atoms with Crippen LogP contribution in [-0.2, 0) is 6.54 Å². The van der Waals surface area contributed by atoms with Crippen molar-refractivity contribution in [3.05, 3.63) is 29.2 Å². The fourth-order valence-electron chi connectivity index (χ4n) is 1.69. The van der Waals surface area contributed by atoms with Gasteiger partial charge in [0, 0.05) is 12.6 Å². The molecule has 0 saturated heterocycles. The number of hydrogen-bond donors (Lipinski definition) is 2. The minimum atomic E-state index is 0.508. The third-order valence-corrected chi connectivity index (χ3v) is 2.57. The van der Waals surface area contributed by atoms with E-state index in [1.54, 1.807) is 6.20 Å². The van der Waals surface area contributed by atoms with Crippen molar-refractivity contribution in [3.8, 4) is 0 Å². The molecule has 96 valence electrons. The zero-order valence-electron chi connectivity index (χ0n) is 11.0. The van der Waals surface area contributed by atoms with E-state index in [1.165, 1.54) is 0 Å². The lowest BCUT2D eigenvalue weighted by molar-refractivity contribution is 0.478. The molecule has 18 heavy (non-hydrogen) atoms. The second-order valence-electron chi connectivity index (χ2n) is 4.06. The third-order valence-electron chi connectivity index (χ3n) is 2.57. The predicted molar refractivity (Wildman–Crippen MR) is 69.6 cm³/mol. The molecule has 0 bridgehead atoms. The fourth-order valence-corrected chi connectivity index (χ4v) is 1.69. The maximum absolute atomic E-state index is 5.40. The summed E-state index contributed by atoms with van der Waals surface area (Å²) in [5, 5.41) is 6.26. The Hall–Kier alpha value is -2.11. The highest BCUT2D eigenvalue weighted by atomic mass is 16.4. The van der Waals surface area contributed by atoms with Gasteiger partial charge in [0.15, 0.2) is 0 Å². The molecule has 0 unspecified atom stereocenters. The number of nitrogens with zero attached hydrogens (tertiary/aromatic N) is 3. The van der Waals surface area contributed by atoms with Gasteiger partial charge < -0.3 is 15.1 Å². The summed E-state index contributed by atoms with van der Waals surface area (Å²) in [6.45, 7) is 6.21. The molecule has 0 aliphatic heterocycles. The van der Waals surface area contributed by atoms with E-state index in [1.807, 2.05) is 27.8 Å². The van der Waals surface area contributed by atoms with Crippen LogP contribution in [0.1, 0.15) is 23.0 Å². The Morgan fingerprint density at radius 2 is 1.89 bits per heavy atom. The largest absolute Gasteiger partial charge is 0.444 e. The molecule has 0 fully saturated rings. The highest BCUT2D eigenvalue weighted by molar-refractivity contribution is 5.56. The van der Waals surface area contributed by atoms with Gasteiger partial charge in [-0.25, -0.2) is 15.0 Å².